The molecule has 0 spiro atoms. The van der Waals surface area contributed by atoms with Crippen molar-refractivity contribution in [3.63, 3.8) is 0 Å². The lowest BCUT2D eigenvalue weighted by Crippen LogP contribution is -1.92. The Morgan fingerprint density at radius 1 is 0.824 bits per heavy atom. The molecule has 0 saturated carbocycles. The molecule has 0 amide bonds. The van der Waals surface area contributed by atoms with Gasteiger partial charge in [0.15, 0.2) is 0 Å². The molecular formula is C13H22N4. The van der Waals surface area contributed by atoms with E-state index in [4.69, 9.17) is 0 Å². The van der Waals surface area contributed by atoms with Gasteiger partial charge in [-0.1, -0.05) is 20.3 Å². The molecule has 0 radical (unpaired) electrons. The highest BCUT2D eigenvalue weighted by Crippen LogP contribution is 1.92. The Labute approximate surface area is 103 Å². The average Bonchev–Trinajstić information content (AvgIpc) is 3.00. The molecule has 0 unspecified atom stereocenters. The molecule has 0 saturated heterocycles. The molecule has 4 heteroatoms. The van der Waals surface area contributed by atoms with Gasteiger partial charge in [0.1, 0.15) is 0 Å². The van der Waals surface area contributed by atoms with Crippen LogP contribution >= 0.6 is 0 Å². The van der Waals surface area contributed by atoms with E-state index in [0.29, 0.717) is 0 Å². The summed E-state index contributed by atoms with van der Waals surface area (Å²) in [5, 5.41) is 0. The van der Waals surface area contributed by atoms with E-state index in [2.05, 4.69) is 32.9 Å². The lowest BCUT2D eigenvalue weighted by atomic mass is 10.3. The largest absolute Gasteiger partial charge is 0.338 e. The molecule has 0 atom stereocenters. The summed E-state index contributed by atoms with van der Waals surface area (Å²) >= 11 is 0. The minimum absolute atomic E-state index is 1.08. The van der Waals surface area contributed by atoms with E-state index < -0.39 is 0 Å². The number of aromatic nitrogens is 4. The number of hydrogen-bond donors (Lipinski definition) is 0. The zero-order valence-electron chi connectivity index (χ0n) is 10.8. The van der Waals surface area contributed by atoms with E-state index in [1.54, 1.807) is 6.20 Å². The van der Waals surface area contributed by atoms with Gasteiger partial charge in [0.05, 0.1) is 12.7 Å². The quantitative estimate of drug-likeness (QED) is 0.797. The van der Waals surface area contributed by atoms with Gasteiger partial charge in [-0.15, -0.1) is 0 Å². The van der Waals surface area contributed by atoms with Crippen LogP contribution in [0.4, 0.5) is 0 Å². The van der Waals surface area contributed by atoms with Gasteiger partial charge in [-0.2, -0.15) is 0 Å². The van der Waals surface area contributed by atoms with E-state index >= 15 is 0 Å². The Hall–Kier alpha value is -1.58. The first-order valence-electron chi connectivity index (χ1n) is 6.28. The van der Waals surface area contributed by atoms with Crippen LogP contribution in [-0.4, -0.2) is 19.1 Å². The molecule has 0 aromatic carbocycles. The Balaban J connectivity index is 0.000000171. The summed E-state index contributed by atoms with van der Waals surface area (Å²) in [5.41, 5.74) is 0. The van der Waals surface area contributed by atoms with Crippen LogP contribution in [0.3, 0.4) is 0 Å². The van der Waals surface area contributed by atoms with E-state index in [9.17, 15) is 0 Å². The van der Waals surface area contributed by atoms with Gasteiger partial charge in [0.2, 0.25) is 0 Å². The molecule has 17 heavy (non-hydrogen) atoms. The van der Waals surface area contributed by atoms with Crippen molar-refractivity contribution >= 4 is 0 Å². The van der Waals surface area contributed by atoms with Crippen molar-refractivity contribution in [1.29, 1.82) is 0 Å². The summed E-state index contributed by atoms with van der Waals surface area (Å²) in [4.78, 5) is 7.84. The summed E-state index contributed by atoms with van der Waals surface area (Å²) in [7, 11) is 0. The first kappa shape index (κ1) is 13.5. The summed E-state index contributed by atoms with van der Waals surface area (Å²) in [6.45, 7) is 6.54. The van der Waals surface area contributed by atoms with Crippen molar-refractivity contribution in [2.75, 3.05) is 0 Å². The molecule has 0 bridgehead atoms. The fourth-order valence-corrected chi connectivity index (χ4v) is 1.44. The van der Waals surface area contributed by atoms with Gasteiger partial charge < -0.3 is 9.13 Å². The second kappa shape index (κ2) is 8.56. The van der Waals surface area contributed by atoms with Crippen LogP contribution in [0, 0.1) is 0 Å². The number of aryl methyl sites for hydroxylation is 2. The Morgan fingerprint density at radius 3 is 1.82 bits per heavy atom. The third kappa shape index (κ3) is 5.90. The fourth-order valence-electron chi connectivity index (χ4n) is 1.44. The molecule has 2 aromatic rings. The highest BCUT2D eigenvalue weighted by molar-refractivity contribution is 4.73. The van der Waals surface area contributed by atoms with Crippen LogP contribution in [-0.2, 0) is 13.1 Å². The maximum absolute atomic E-state index is 3.94. The molecule has 4 nitrogen and oxygen atoms in total. The van der Waals surface area contributed by atoms with E-state index in [0.717, 1.165) is 13.1 Å². The first-order valence-corrected chi connectivity index (χ1v) is 6.28. The predicted octanol–water partition coefficient (Wildman–Crippen LogP) is 2.98. The van der Waals surface area contributed by atoms with Crippen LogP contribution in [0.2, 0.25) is 0 Å². The summed E-state index contributed by atoms with van der Waals surface area (Å²) < 4.78 is 4.17. The molecule has 0 fully saturated rings. The zero-order chi connectivity index (χ0) is 12.3. The number of rotatable bonds is 5. The second-order valence-corrected chi connectivity index (χ2v) is 3.95. The lowest BCUT2D eigenvalue weighted by Gasteiger charge is -1.96. The van der Waals surface area contributed by atoms with Gasteiger partial charge >= 0.3 is 0 Å². The van der Waals surface area contributed by atoms with E-state index in [1.165, 1.54) is 19.3 Å². The highest BCUT2D eigenvalue weighted by atomic mass is 15.0. The van der Waals surface area contributed by atoms with Crippen molar-refractivity contribution < 1.29 is 0 Å². The molecule has 2 heterocycles. The highest BCUT2D eigenvalue weighted by Gasteiger charge is 1.85. The average molecular weight is 234 g/mol. The van der Waals surface area contributed by atoms with Crippen molar-refractivity contribution in [1.82, 2.24) is 19.1 Å². The summed E-state index contributed by atoms with van der Waals surface area (Å²) in [5.74, 6) is 0. The van der Waals surface area contributed by atoms with Crippen LogP contribution < -0.4 is 0 Å². The third-order valence-corrected chi connectivity index (χ3v) is 2.37. The Morgan fingerprint density at radius 2 is 1.41 bits per heavy atom. The normalized spacial score (nSPS) is 9.76. The van der Waals surface area contributed by atoms with E-state index in [1.807, 2.05) is 31.2 Å². The second-order valence-electron chi connectivity index (χ2n) is 3.95. The SMILES string of the molecule is CCCCn1ccnc1.CCCn1ccnc1. The van der Waals surface area contributed by atoms with Crippen molar-refractivity contribution in [2.24, 2.45) is 0 Å². The molecule has 94 valence electrons. The zero-order valence-corrected chi connectivity index (χ0v) is 10.8. The Kier molecular flexibility index (Phi) is 6.79. The standard InChI is InChI=1S/C7H12N2.C6H10N2/c1-2-3-5-9-6-4-8-7-9;1-2-4-8-5-3-7-6-8/h4,6-7H,2-3,5H2,1H3;3,5-6H,2,4H2,1H3. The number of nitrogens with zero attached hydrogens (tertiary/aromatic N) is 4. The monoisotopic (exact) mass is 234 g/mol. The van der Waals surface area contributed by atoms with Crippen LogP contribution in [0.5, 0.6) is 0 Å². The predicted molar refractivity (Wildman–Crippen MR) is 69.7 cm³/mol. The Bertz CT molecular complexity index is 351. The third-order valence-electron chi connectivity index (χ3n) is 2.37. The minimum Gasteiger partial charge on any atom is -0.338 e. The minimum atomic E-state index is 1.08. The molecule has 2 aromatic heterocycles. The van der Waals surface area contributed by atoms with Gasteiger partial charge in [-0.3, -0.25) is 0 Å². The van der Waals surface area contributed by atoms with Crippen molar-refractivity contribution in [3.8, 4) is 0 Å². The van der Waals surface area contributed by atoms with Crippen LogP contribution in [0.25, 0.3) is 0 Å². The molecule has 0 aliphatic carbocycles. The van der Waals surface area contributed by atoms with E-state index in [-0.39, 0.29) is 0 Å². The molecule has 0 aliphatic heterocycles. The summed E-state index contributed by atoms with van der Waals surface area (Å²) in [6.07, 6.45) is 15.0. The maximum atomic E-state index is 3.94. The maximum Gasteiger partial charge on any atom is 0.0945 e. The summed E-state index contributed by atoms with van der Waals surface area (Å²) in [6, 6.07) is 0. The fraction of sp³-hybridized carbons (Fsp3) is 0.538. The van der Waals surface area contributed by atoms with Gasteiger partial charge in [0, 0.05) is 37.9 Å². The number of unbranched alkanes of at least 4 members (excludes halogenated alkanes) is 1. The molecule has 2 rings (SSSR count). The molecule has 0 N–H and O–H groups in total. The van der Waals surface area contributed by atoms with Crippen molar-refractivity contribution in [3.05, 3.63) is 37.4 Å². The number of hydrogen-bond acceptors (Lipinski definition) is 2. The lowest BCUT2D eigenvalue weighted by molar-refractivity contribution is 0.631. The topological polar surface area (TPSA) is 35.6 Å². The van der Waals surface area contributed by atoms with Gasteiger partial charge in [-0.25, -0.2) is 9.97 Å². The van der Waals surface area contributed by atoms with Gasteiger partial charge in [-0.05, 0) is 12.8 Å². The molecule has 0 aliphatic rings. The molecular weight excluding hydrogens is 212 g/mol. The van der Waals surface area contributed by atoms with Crippen LogP contribution in [0.15, 0.2) is 37.4 Å². The van der Waals surface area contributed by atoms with Crippen molar-refractivity contribution in [2.45, 2.75) is 46.2 Å². The number of imidazole rings is 2. The van der Waals surface area contributed by atoms with Gasteiger partial charge in [0.25, 0.3) is 0 Å². The first-order chi connectivity index (χ1) is 8.36. The van der Waals surface area contributed by atoms with Crippen LogP contribution in [0.1, 0.15) is 33.1 Å². The smallest absolute Gasteiger partial charge is 0.0945 e.